The van der Waals surface area contributed by atoms with Crippen LogP contribution in [-0.2, 0) is 4.79 Å². The van der Waals surface area contributed by atoms with Gasteiger partial charge in [-0.05, 0) is 18.8 Å². The standard InChI is InChI=1S/C11H19F3N4O.HI/c1-15-10(16-5-8-3-4-8)17-6-9(19)18(2)7-11(12,13)14;/h8H,3-7H2,1-2H3,(H2,15,16,17);1H. The second kappa shape index (κ2) is 8.53. The summed E-state index contributed by atoms with van der Waals surface area (Å²) in [5.74, 6) is 0.439. The first-order chi connectivity index (χ1) is 8.81. The van der Waals surface area contributed by atoms with Crippen molar-refractivity contribution in [3.05, 3.63) is 0 Å². The molecule has 0 aromatic heterocycles. The van der Waals surface area contributed by atoms with E-state index in [2.05, 4.69) is 15.6 Å². The Bertz CT molecular complexity index is 345. The third-order valence-electron chi connectivity index (χ3n) is 2.73. The minimum Gasteiger partial charge on any atom is -0.356 e. The SMILES string of the molecule is CN=C(NCC(=O)N(C)CC(F)(F)F)NCC1CC1.I. The lowest BCUT2D eigenvalue weighted by Gasteiger charge is -2.19. The first-order valence-electron chi connectivity index (χ1n) is 6.07. The zero-order chi connectivity index (χ0) is 14.5. The van der Waals surface area contributed by atoms with Crippen LogP contribution in [0.3, 0.4) is 0 Å². The monoisotopic (exact) mass is 408 g/mol. The van der Waals surface area contributed by atoms with E-state index in [1.54, 1.807) is 7.05 Å². The summed E-state index contributed by atoms with van der Waals surface area (Å²) in [7, 11) is 2.67. The van der Waals surface area contributed by atoms with Crippen molar-refractivity contribution in [2.24, 2.45) is 10.9 Å². The molecular weight excluding hydrogens is 388 g/mol. The van der Waals surface area contributed by atoms with Gasteiger partial charge in [-0.3, -0.25) is 9.79 Å². The van der Waals surface area contributed by atoms with Gasteiger partial charge in [0, 0.05) is 20.6 Å². The molecule has 5 nitrogen and oxygen atoms in total. The second-order valence-electron chi connectivity index (χ2n) is 4.62. The molecule has 0 spiro atoms. The molecule has 0 saturated heterocycles. The molecule has 0 bridgehead atoms. The van der Waals surface area contributed by atoms with Gasteiger partial charge < -0.3 is 15.5 Å². The quantitative estimate of drug-likeness (QED) is 0.409. The number of alkyl halides is 3. The van der Waals surface area contributed by atoms with E-state index in [0.717, 1.165) is 13.6 Å². The van der Waals surface area contributed by atoms with Crippen LogP contribution in [0.15, 0.2) is 4.99 Å². The van der Waals surface area contributed by atoms with Gasteiger partial charge in [0.1, 0.15) is 6.54 Å². The summed E-state index contributed by atoms with van der Waals surface area (Å²) in [6.07, 6.45) is -2.02. The Hall–Kier alpha value is -0.740. The molecule has 1 amide bonds. The third kappa shape index (κ3) is 8.43. The number of nitrogens with zero attached hydrogens (tertiary/aromatic N) is 2. The van der Waals surface area contributed by atoms with Crippen LogP contribution in [0.5, 0.6) is 0 Å². The van der Waals surface area contributed by atoms with E-state index < -0.39 is 18.6 Å². The molecule has 1 saturated carbocycles. The van der Waals surface area contributed by atoms with Crippen LogP contribution in [-0.4, -0.2) is 56.7 Å². The molecule has 0 radical (unpaired) electrons. The van der Waals surface area contributed by atoms with Gasteiger partial charge in [-0.25, -0.2) is 0 Å². The average molecular weight is 408 g/mol. The minimum atomic E-state index is -4.38. The normalized spacial score (nSPS) is 15.3. The summed E-state index contributed by atoms with van der Waals surface area (Å²) in [6, 6.07) is 0. The van der Waals surface area contributed by atoms with E-state index in [1.165, 1.54) is 12.8 Å². The first-order valence-corrected chi connectivity index (χ1v) is 6.07. The van der Waals surface area contributed by atoms with Gasteiger partial charge in [0.05, 0.1) is 6.54 Å². The van der Waals surface area contributed by atoms with Crippen molar-refractivity contribution in [3.63, 3.8) is 0 Å². The zero-order valence-corrected chi connectivity index (χ0v) is 13.8. The Kier molecular flexibility index (Phi) is 8.21. The van der Waals surface area contributed by atoms with E-state index >= 15 is 0 Å². The van der Waals surface area contributed by atoms with Gasteiger partial charge in [0.25, 0.3) is 0 Å². The van der Waals surface area contributed by atoms with E-state index in [0.29, 0.717) is 16.8 Å². The van der Waals surface area contributed by atoms with Crippen molar-refractivity contribution in [2.45, 2.75) is 19.0 Å². The van der Waals surface area contributed by atoms with Crippen molar-refractivity contribution < 1.29 is 18.0 Å². The largest absolute Gasteiger partial charge is 0.406 e. The van der Waals surface area contributed by atoms with Crippen molar-refractivity contribution in [1.29, 1.82) is 0 Å². The van der Waals surface area contributed by atoms with Crippen LogP contribution >= 0.6 is 24.0 Å². The fourth-order valence-electron chi connectivity index (χ4n) is 1.43. The summed E-state index contributed by atoms with van der Waals surface area (Å²) >= 11 is 0. The highest BCUT2D eigenvalue weighted by Crippen LogP contribution is 2.27. The van der Waals surface area contributed by atoms with Crippen LogP contribution in [0.2, 0.25) is 0 Å². The lowest BCUT2D eigenvalue weighted by Crippen LogP contribution is -2.45. The highest BCUT2D eigenvalue weighted by Gasteiger charge is 2.31. The molecule has 2 N–H and O–H groups in total. The zero-order valence-electron chi connectivity index (χ0n) is 11.5. The third-order valence-corrected chi connectivity index (χ3v) is 2.73. The summed E-state index contributed by atoms with van der Waals surface area (Å²) in [6.45, 7) is -0.690. The van der Waals surface area contributed by atoms with Gasteiger partial charge >= 0.3 is 6.18 Å². The highest BCUT2D eigenvalue weighted by atomic mass is 127. The number of carbonyl (C=O) groups excluding carboxylic acids is 1. The maximum atomic E-state index is 12.1. The molecule has 1 rings (SSSR count). The van der Waals surface area contributed by atoms with Gasteiger partial charge in [-0.15, -0.1) is 24.0 Å². The van der Waals surface area contributed by atoms with E-state index in [-0.39, 0.29) is 30.5 Å². The summed E-state index contributed by atoms with van der Waals surface area (Å²) in [5, 5.41) is 5.72. The molecule has 118 valence electrons. The van der Waals surface area contributed by atoms with Gasteiger partial charge in [-0.2, -0.15) is 13.2 Å². The number of carbonyl (C=O) groups is 1. The van der Waals surface area contributed by atoms with Gasteiger partial charge in [0.15, 0.2) is 5.96 Å². The van der Waals surface area contributed by atoms with Crippen LogP contribution in [0, 0.1) is 5.92 Å². The number of guanidine groups is 1. The minimum absolute atomic E-state index is 0. The summed E-state index contributed by atoms with van der Waals surface area (Å²) in [4.78, 5) is 16.0. The van der Waals surface area contributed by atoms with Crippen LogP contribution in [0.4, 0.5) is 13.2 Å². The average Bonchev–Trinajstić information content (AvgIpc) is 3.10. The molecule has 1 aliphatic carbocycles. The Balaban J connectivity index is 0.00000361. The molecule has 0 aliphatic heterocycles. The highest BCUT2D eigenvalue weighted by molar-refractivity contribution is 14.0. The van der Waals surface area contributed by atoms with Crippen molar-refractivity contribution in [1.82, 2.24) is 15.5 Å². The van der Waals surface area contributed by atoms with Gasteiger partial charge in [-0.1, -0.05) is 0 Å². The maximum absolute atomic E-state index is 12.1. The number of halogens is 4. The van der Waals surface area contributed by atoms with Crippen LogP contribution < -0.4 is 10.6 Å². The van der Waals surface area contributed by atoms with Crippen LogP contribution in [0.1, 0.15) is 12.8 Å². The van der Waals surface area contributed by atoms with Crippen molar-refractivity contribution in [3.8, 4) is 0 Å². The molecule has 0 heterocycles. The number of aliphatic imine (C=N–C) groups is 1. The molecule has 9 heteroatoms. The lowest BCUT2D eigenvalue weighted by molar-refractivity contribution is -0.157. The Morgan fingerprint density at radius 2 is 1.95 bits per heavy atom. The number of rotatable bonds is 5. The molecule has 0 aromatic rings. The topological polar surface area (TPSA) is 56.7 Å². The molecular formula is C11H20F3IN4O. The van der Waals surface area contributed by atoms with Crippen LogP contribution in [0.25, 0.3) is 0 Å². The van der Waals surface area contributed by atoms with Gasteiger partial charge in [0.2, 0.25) is 5.91 Å². The molecule has 1 fully saturated rings. The molecule has 20 heavy (non-hydrogen) atoms. The van der Waals surface area contributed by atoms with Crippen molar-refractivity contribution in [2.75, 3.05) is 33.7 Å². The fraction of sp³-hybridized carbons (Fsp3) is 0.818. The number of nitrogens with one attached hydrogen (secondary N) is 2. The van der Waals surface area contributed by atoms with E-state index in [9.17, 15) is 18.0 Å². The Labute approximate surface area is 133 Å². The molecule has 0 unspecified atom stereocenters. The first kappa shape index (κ1) is 19.3. The van der Waals surface area contributed by atoms with E-state index in [4.69, 9.17) is 0 Å². The Morgan fingerprint density at radius 3 is 2.40 bits per heavy atom. The second-order valence-corrected chi connectivity index (χ2v) is 4.62. The predicted molar refractivity (Wildman–Crippen MR) is 81.2 cm³/mol. The molecule has 0 aromatic carbocycles. The van der Waals surface area contributed by atoms with Crippen molar-refractivity contribution >= 4 is 35.8 Å². The number of hydrogen-bond acceptors (Lipinski definition) is 2. The fourth-order valence-corrected chi connectivity index (χ4v) is 1.43. The lowest BCUT2D eigenvalue weighted by atomic mass is 10.4. The predicted octanol–water partition coefficient (Wildman–Crippen LogP) is 1.20. The Morgan fingerprint density at radius 1 is 1.35 bits per heavy atom. The maximum Gasteiger partial charge on any atom is 0.406 e. The molecule has 1 aliphatic rings. The number of hydrogen-bond donors (Lipinski definition) is 2. The summed E-state index contributed by atoms with van der Waals surface area (Å²) < 4.78 is 36.3. The summed E-state index contributed by atoms with van der Waals surface area (Å²) in [5.41, 5.74) is 0. The van der Waals surface area contributed by atoms with E-state index in [1.807, 2.05) is 0 Å². The number of amides is 1. The smallest absolute Gasteiger partial charge is 0.356 e. The molecule has 0 atom stereocenters. The number of likely N-dealkylation sites (N-methyl/N-ethyl adjacent to an activating group) is 1.